The van der Waals surface area contributed by atoms with E-state index in [-0.39, 0.29) is 23.5 Å². The van der Waals surface area contributed by atoms with Crippen molar-refractivity contribution in [3.8, 4) is 5.75 Å². The first-order valence-electron chi connectivity index (χ1n) is 11.5. The number of ether oxygens (including phenoxy) is 2. The Morgan fingerprint density at radius 3 is 2.97 bits per heavy atom. The number of nitrogens with one attached hydrogen (secondary N) is 1. The fraction of sp³-hybridized carbons (Fsp3) is 0.542. The lowest BCUT2D eigenvalue weighted by atomic mass is 10.0. The molecule has 0 radical (unpaired) electrons. The zero-order valence-electron chi connectivity index (χ0n) is 18.5. The summed E-state index contributed by atoms with van der Waals surface area (Å²) in [5, 5.41) is 0. The molecular formula is C24H30N4O4. The molecule has 2 aromatic rings. The maximum absolute atomic E-state index is 12.9. The Labute approximate surface area is 187 Å². The monoisotopic (exact) mass is 438 g/mol. The summed E-state index contributed by atoms with van der Waals surface area (Å²) in [5.41, 5.74) is 2.70. The summed E-state index contributed by atoms with van der Waals surface area (Å²) in [6.07, 6.45) is 3.02. The van der Waals surface area contributed by atoms with Crippen LogP contribution in [0, 0.1) is 0 Å². The van der Waals surface area contributed by atoms with Crippen LogP contribution in [-0.2, 0) is 29.0 Å². The van der Waals surface area contributed by atoms with Gasteiger partial charge in [-0.05, 0) is 25.3 Å². The van der Waals surface area contributed by atoms with Crippen molar-refractivity contribution < 1.29 is 14.3 Å². The molecule has 8 heteroatoms. The van der Waals surface area contributed by atoms with Crippen molar-refractivity contribution in [2.75, 3.05) is 33.4 Å². The minimum absolute atomic E-state index is 0.0568. The number of rotatable bonds is 5. The van der Waals surface area contributed by atoms with Crippen LogP contribution in [-0.4, -0.2) is 65.1 Å². The summed E-state index contributed by atoms with van der Waals surface area (Å²) in [6.45, 7) is 4.10. The topological polar surface area (TPSA) is 87.8 Å². The Bertz CT molecular complexity index is 1050. The molecule has 0 unspecified atom stereocenters. The number of fused-ring (bicyclic) bond motifs is 1. The molecule has 1 aromatic carbocycles. The summed E-state index contributed by atoms with van der Waals surface area (Å²) in [7, 11) is 1.68. The molecule has 4 heterocycles. The molecule has 5 rings (SSSR count). The molecule has 1 aromatic heterocycles. The number of aromatic nitrogens is 2. The van der Waals surface area contributed by atoms with Crippen molar-refractivity contribution in [1.29, 1.82) is 0 Å². The molecule has 0 bridgehead atoms. The van der Waals surface area contributed by atoms with Crippen LogP contribution in [0.2, 0.25) is 0 Å². The quantitative estimate of drug-likeness (QED) is 0.766. The number of carbonyl (C=O) groups excluding carboxylic acids is 1. The van der Waals surface area contributed by atoms with E-state index in [2.05, 4.69) is 16.0 Å². The molecule has 32 heavy (non-hydrogen) atoms. The minimum atomic E-state index is -0.293. The van der Waals surface area contributed by atoms with E-state index in [0.717, 1.165) is 67.2 Å². The molecule has 1 N–H and O–H groups in total. The maximum atomic E-state index is 12.9. The van der Waals surface area contributed by atoms with Gasteiger partial charge in [-0.25, -0.2) is 4.98 Å². The molecule has 0 aliphatic carbocycles. The predicted molar refractivity (Wildman–Crippen MR) is 119 cm³/mol. The number of likely N-dealkylation sites (tertiary alicyclic amines) is 1. The van der Waals surface area contributed by atoms with Gasteiger partial charge < -0.3 is 19.4 Å². The van der Waals surface area contributed by atoms with Crippen LogP contribution in [0.3, 0.4) is 0 Å². The lowest BCUT2D eigenvalue weighted by Gasteiger charge is -2.28. The number of hydrogen-bond donors (Lipinski definition) is 1. The van der Waals surface area contributed by atoms with Gasteiger partial charge in [-0.15, -0.1) is 0 Å². The zero-order valence-corrected chi connectivity index (χ0v) is 18.5. The van der Waals surface area contributed by atoms with Gasteiger partial charge in [0.2, 0.25) is 0 Å². The van der Waals surface area contributed by atoms with Crippen LogP contribution in [0.15, 0.2) is 29.1 Å². The van der Waals surface area contributed by atoms with Crippen molar-refractivity contribution in [1.82, 2.24) is 19.8 Å². The summed E-state index contributed by atoms with van der Waals surface area (Å²) in [6, 6.07) is 7.99. The third-order valence-corrected chi connectivity index (χ3v) is 6.84. The van der Waals surface area contributed by atoms with E-state index >= 15 is 0 Å². The number of nitrogens with zero attached hydrogens (tertiary/aromatic N) is 3. The van der Waals surface area contributed by atoms with Crippen molar-refractivity contribution >= 4 is 5.91 Å². The molecule has 3 aliphatic rings. The second-order valence-corrected chi connectivity index (χ2v) is 8.92. The van der Waals surface area contributed by atoms with E-state index < -0.39 is 0 Å². The van der Waals surface area contributed by atoms with E-state index in [1.165, 1.54) is 0 Å². The third kappa shape index (κ3) is 4.17. The second-order valence-electron chi connectivity index (χ2n) is 8.92. The van der Waals surface area contributed by atoms with Crippen LogP contribution >= 0.6 is 0 Å². The van der Waals surface area contributed by atoms with E-state index in [1.54, 1.807) is 7.11 Å². The van der Waals surface area contributed by atoms with Crippen LogP contribution in [0.25, 0.3) is 0 Å². The number of para-hydroxylation sites is 1. The van der Waals surface area contributed by atoms with Crippen LogP contribution < -0.4 is 10.3 Å². The Kier molecular flexibility index (Phi) is 5.97. The first-order valence-corrected chi connectivity index (χ1v) is 11.5. The van der Waals surface area contributed by atoms with Crippen LogP contribution in [0.4, 0.5) is 0 Å². The van der Waals surface area contributed by atoms with Gasteiger partial charge in [0.25, 0.3) is 11.5 Å². The molecule has 1 amide bonds. The lowest BCUT2D eigenvalue weighted by Crippen LogP contribution is -2.38. The van der Waals surface area contributed by atoms with Gasteiger partial charge in [-0.1, -0.05) is 18.2 Å². The van der Waals surface area contributed by atoms with Gasteiger partial charge in [0.05, 0.1) is 18.4 Å². The van der Waals surface area contributed by atoms with E-state index in [4.69, 9.17) is 14.5 Å². The number of amides is 1. The molecule has 3 aliphatic heterocycles. The first-order chi connectivity index (χ1) is 15.6. The lowest BCUT2D eigenvalue weighted by molar-refractivity contribution is -0.139. The normalized spacial score (nSPS) is 23.3. The third-order valence-electron chi connectivity index (χ3n) is 6.84. The zero-order chi connectivity index (χ0) is 22.1. The van der Waals surface area contributed by atoms with E-state index in [0.29, 0.717) is 26.2 Å². The number of H-pyrrole nitrogens is 1. The summed E-state index contributed by atoms with van der Waals surface area (Å²) < 4.78 is 11.0. The summed E-state index contributed by atoms with van der Waals surface area (Å²) >= 11 is 0. The van der Waals surface area contributed by atoms with Gasteiger partial charge in [-0.2, -0.15) is 0 Å². The molecule has 2 atom stereocenters. The van der Waals surface area contributed by atoms with Crippen molar-refractivity contribution in [3.63, 3.8) is 0 Å². The predicted octanol–water partition coefficient (Wildman–Crippen LogP) is 1.83. The van der Waals surface area contributed by atoms with Crippen LogP contribution in [0.1, 0.15) is 47.8 Å². The fourth-order valence-corrected chi connectivity index (χ4v) is 5.06. The largest absolute Gasteiger partial charge is 0.496 e. The minimum Gasteiger partial charge on any atom is -0.496 e. The number of methoxy groups -OCH3 is 1. The van der Waals surface area contributed by atoms with Gasteiger partial charge in [0, 0.05) is 57.2 Å². The molecular weight excluding hydrogens is 408 g/mol. The standard InChI is InChI=1S/C24H30N4O4/c1-31-20-6-3-2-5-16(20)13-27-10-9-19-18(15-27)23(29)26-22(25-19)17-8-11-28(14-17)24(30)21-7-4-12-32-21/h2-3,5-6,17,21H,4,7-15H2,1H3,(H,25,26,29)/t17-,21-/m0/s1. The fourth-order valence-electron chi connectivity index (χ4n) is 5.06. The number of carbonyl (C=O) groups is 1. The van der Waals surface area contributed by atoms with E-state index in [1.807, 2.05) is 23.1 Å². The Morgan fingerprint density at radius 2 is 2.16 bits per heavy atom. The molecule has 170 valence electrons. The Hall–Kier alpha value is -2.71. The molecule has 0 spiro atoms. The number of aromatic amines is 1. The highest BCUT2D eigenvalue weighted by Crippen LogP contribution is 2.28. The average molecular weight is 439 g/mol. The van der Waals surface area contributed by atoms with Crippen molar-refractivity contribution in [3.05, 3.63) is 57.3 Å². The SMILES string of the molecule is COc1ccccc1CN1CCc2nc([C@H]3CCN(C(=O)[C@@H]4CCCO4)C3)[nH]c(=O)c2C1. The molecule has 2 saturated heterocycles. The Morgan fingerprint density at radius 1 is 1.28 bits per heavy atom. The van der Waals surface area contributed by atoms with Gasteiger partial charge >= 0.3 is 0 Å². The highest BCUT2D eigenvalue weighted by Gasteiger charge is 2.35. The average Bonchev–Trinajstić information content (AvgIpc) is 3.52. The van der Waals surface area contributed by atoms with Gasteiger partial charge in [0.15, 0.2) is 0 Å². The summed E-state index contributed by atoms with van der Waals surface area (Å²) in [4.78, 5) is 37.6. The smallest absolute Gasteiger partial charge is 0.255 e. The van der Waals surface area contributed by atoms with Crippen molar-refractivity contribution in [2.24, 2.45) is 0 Å². The Balaban J connectivity index is 1.27. The highest BCUT2D eigenvalue weighted by molar-refractivity contribution is 5.81. The van der Waals surface area contributed by atoms with Crippen molar-refractivity contribution in [2.45, 2.75) is 50.8 Å². The number of hydrogen-bond acceptors (Lipinski definition) is 6. The molecule has 2 fully saturated rings. The van der Waals surface area contributed by atoms with E-state index in [9.17, 15) is 9.59 Å². The first kappa shape index (κ1) is 21.2. The highest BCUT2D eigenvalue weighted by atomic mass is 16.5. The maximum Gasteiger partial charge on any atom is 0.255 e. The van der Waals surface area contributed by atoms with Gasteiger partial charge in [0.1, 0.15) is 17.7 Å². The van der Waals surface area contributed by atoms with Gasteiger partial charge in [-0.3, -0.25) is 14.5 Å². The second kappa shape index (κ2) is 9.03. The molecule has 0 saturated carbocycles. The number of benzene rings is 1. The summed E-state index contributed by atoms with van der Waals surface area (Å²) in [5.74, 6) is 1.74. The van der Waals surface area contributed by atoms with Crippen LogP contribution in [0.5, 0.6) is 5.75 Å². The molecule has 8 nitrogen and oxygen atoms in total.